The summed E-state index contributed by atoms with van der Waals surface area (Å²) in [4.78, 5) is 69.1. The maximum absolute atomic E-state index is 13.4. The van der Waals surface area contributed by atoms with Crippen molar-refractivity contribution in [2.75, 3.05) is 65.6 Å². The zero-order valence-corrected chi connectivity index (χ0v) is 33.5. The number of allylic oxidation sites excluding steroid dienone is 6. The summed E-state index contributed by atoms with van der Waals surface area (Å²) in [7, 11) is 0. The highest BCUT2D eigenvalue weighted by Crippen LogP contribution is 2.09. The Morgan fingerprint density at radius 1 is 0.500 bits per heavy atom. The Bertz CT molecular complexity index is 1130. The number of carbonyl (C=O) groups excluding carboxylic acids is 5. The Morgan fingerprint density at radius 3 is 1.09 bits per heavy atom. The molecule has 0 radical (unpaired) electrons. The minimum Gasteiger partial charge on any atom is -0.394 e. The molecule has 14 heteroatoms. The molecule has 0 bridgehead atoms. The second-order valence-corrected chi connectivity index (χ2v) is 13.3. The lowest BCUT2D eigenvalue weighted by Crippen LogP contribution is -2.44. The molecule has 0 rings (SSSR count). The fourth-order valence-corrected chi connectivity index (χ4v) is 5.48. The van der Waals surface area contributed by atoms with Gasteiger partial charge in [-0.3, -0.25) is 24.0 Å². The van der Waals surface area contributed by atoms with Crippen molar-refractivity contribution < 1.29 is 34.2 Å². The van der Waals surface area contributed by atoms with Crippen molar-refractivity contribution in [1.29, 1.82) is 0 Å². The molecule has 14 nitrogen and oxygen atoms in total. The first-order valence-corrected chi connectivity index (χ1v) is 20.1. The first-order chi connectivity index (χ1) is 26.1. The van der Waals surface area contributed by atoms with Gasteiger partial charge in [-0.05, 0) is 70.6 Å². The smallest absolute Gasteiger partial charge is 0.239 e. The largest absolute Gasteiger partial charge is 0.394 e. The van der Waals surface area contributed by atoms with Crippen molar-refractivity contribution in [3.63, 3.8) is 0 Å². The summed E-state index contributed by atoms with van der Waals surface area (Å²) in [6, 6.07) is -1.96. The Morgan fingerprint density at radius 2 is 0.796 bits per heavy atom. The second kappa shape index (κ2) is 33.9. The van der Waals surface area contributed by atoms with Gasteiger partial charge < -0.3 is 47.0 Å². The Labute approximate surface area is 324 Å². The van der Waals surface area contributed by atoms with Gasteiger partial charge in [0.05, 0.1) is 13.2 Å². The molecular formula is C40H73N7O7. The van der Waals surface area contributed by atoms with Crippen molar-refractivity contribution >= 4 is 29.5 Å². The number of nitrogens with zero attached hydrogens (tertiary/aromatic N) is 3. The number of hydrogen-bond donors (Lipinski definition) is 6. The van der Waals surface area contributed by atoms with Gasteiger partial charge in [0.2, 0.25) is 29.5 Å². The highest BCUT2D eigenvalue weighted by molar-refractivity contribution is 5.82. The molecule has 0 aromatic heterocycles. The summed E-state index contributed by atoms with van der Waals surface area (Å²) in [6.45, 7) is 8.83. The van der Waals surface area contributed by atoms with Crippen LogP contribution in [0.1, 0.15) is 111 Å². The van der Waals surface area contributed by atoms with Crippen molar-refractivity contribution in [2.45, 2.75) is 123 Å². The predicted octanol–water partition coefficient (Wildman–Crippen LogP) is 2.53. The standard InChI is InChI=1S/C40H73N7O7/c1-4-7-10-13-21-36(50)45(28-18-24-43-39(53)34(41)32-48)26-16-17-27-46(37(51)22-14-11-8-5-2)30-20-31-47(38(52)23-15-12-9-6-3)29-19-25-44-40(54)35(42)33-49/h7-12,34-35,48-49H,4-6,13-33,41-42H2,1-3H3,(H,43,53)(H,44,54)/t34-,35-/m0/s1. The number of nitrogens with two attached hydrogens (primary N) is 2. The Hall–Kier alpha value is -3.59. The van der Waals surface area contributed by atoms with Gasteiger partial charge in [-0.25, -0.2) is 0 Å². The summed E-state index contributed by atoms with van der Waals surface area (Å²) in [6.07, 6.45) is 21.0. The van der Waals surface area contributed by atoms with Crippen molar-refractivity contribution in [3.8, 4) is 0 Å². The third kappa shape index (κ3) is 25.4. The number of nitrogens with one attached hydrogen (secondary N) is 2. The number of unbranched alkanes of at least 4 members (excludes halogenated alkanes) is 1. The fraction of sp³-hybridized carbons (Fsp3) is 0.725. The van der Waals surface area contributed by atoms with Crippen molar-refractivity contribution in [1.82, 2.24) is 25.3 Å². The van der Waals surface area contributed by atoms with E-state index in [1.54, 1.807) is 4.90 Å². The molecule has 0 aliphatic heterocycles. The van der Waals surface area contributed by atoms with Crippen LogP contribution in [0.2, 0.25) is 0 Å². The molecule has 0 saturated carbocycles. The molecule has 0 heterocycles. The molecule has 0 aliphatic rings. The molecule has 310 valence electrons. The van der Waals surface area contributed by atoms with Crippen LogP contribution in [0.4, 0.5) is 0 Å². The molecule has 0 aromatic carbocycles. The first kappa shape index (κ1) is 50.4. The van der Waals surface area contributed by atoms with Gasteiger partial charge in [0.1, 0.15) is 12.1 Å². The van der Waals surface area contributed by atoms with Crippen LogP contribution in [-0.2, 0) is 24.0 Å². The Kier molecular flexibility index (Phi) is 31.7. The molecular weight excluding hydrogens is 690 g/mol. The lowest BCUT2D eigenvalue weighted by atomic mass is 10.2. The van der Waals surface area contributed by atoms with Crippen LogP contribution >= 0.6 is 0 Å². The van der Waals surface area contributed by atoms with E-state index in [1.807, 2.05) is 60.1 Å². The Balaban J connectivity index is 5.48. The molecule has 8 N–H and O–H groups in total. The molecule has 2 atom stereocenters. The molecule has 0 aliphatic carbocycles. The first-order valence-electron chi connectivity index (χ1n) is 20.1. The van der Waals surface area contributed by atoms with Gasteiger partial charge in [-0.15, -0.1) is 0 Å². The predicted molar refractivity (Wildman–Crippen MR) is 215 cm³/mol. The van der Waals surface area contributed by atoms with Crippen LogP contribution < -0.4 is 22.1 Å². The molecule has 5 amide bonds. The molecule has 54 heavy (non-hydrogen) atoms. The number of aliphatic hydroxyl groups is 2. The lowest BCUT2D eigenvalue weighted by molar-refractivity contribution is -0.133. The zero-order valence-electron chi connectivity index (χ0n) is 33.5. The highest BCUT2D eigenvalue weighted by atomic mass is 16.3. The topological polar surface area (TPSA) is 212 Å². The van der Waals surface area contributed by atoms with E-state index in [4.69, 9.17) is 21.7 Å². The van der Waals surface area contributed by atoms with Crippen molar-refractivity contribution in [3.05, 3.63) is 36.5 Å². The van der Waals surface area contributed by atoms with E-state index in [1.165, 1.54) is 0 Å². The van der Waals surface area contributed by atoms with E-state index in [9.17, 15) is 24.0 Å². The van der Waals surface area contributed by atoms with Crippen LogP contribution in [0.3, 0.4) is 0 Å². The van der Waals surface area contributed by atoms with E-state index >= 15 is 0 Å². The van der Waals surface area contributed by atoms with E-state index < -0.39 is 37.1 Å². The van der Waals surface area contributed by atoms with E-state index in [-0.39, 0.29) is 17.7 Å². The third-order valence-electron chi connectivity index (χ3n) is 8.68. The SMILES string of the molecule is CCC=CCCC(=O)N(CCCCN(CCCN(CCCNC(=O)[C@@H](N)CO)C(=O)CCC=CCC)C(=O)CCC=CCC)CCCNC(=O)[C@@H](N)CO. The maximum atomic E-state index is 13.4. The molecule has 0 unspecified atom stereocenters. The molecule has 0 spiro atoms. The molecule has 0 aromatic rings. The quantitative estimate of drug-likeness (QED) is 0.0428. The highest BCUT2D eigenvalue weighted by Gasteiger charge is 2.18. The molecule has 0 fully saturated rings. The monoisotopic (exact) mass is 764 g/mol. The van der Waals surface area contributed by atoms with Crippen molar-refractivity contribution in [2.24, 2.45) is 11.5 Å². The van der Waals surface area contributed by atoms with Gasteiger partial charge >= 0.3 is 0 Å². The number of carbonyl (C=O) groups is 5. The van der Waals surface area contributed by atoms with Crippen LogP contribution in [0.15, 0.2) is 36.5 Å². The van der Waals surface area contributed by atoms with Crippen LogP contribution in [0, 0.1) is 0 Å². The minimum atomic E-state index is -0.984. The van der Waals surface area contributed by atoms with Gasteiger partial charge in [0.25, 0.3) is 0 Å². The van der Waals surface area contributed by atoms with Gasteiger partial charge in [0, 0.05) is 71.6 Å². The second-order valence-electron chi connectivity index (χ2n) is 13.3. The van der Waals surface area contributed by atoms with E-state index in [2.05, 4.69) is 17.6 Å². The van der Waals surface area contributed by atoms with Gasteiger partial charge in [0.15, 0.2) is 0 Å². The van der Waals surface area contributed by atoms with E-state index in [0.29, 0.717) is 123 Å². The minimum absolute atomic E-state index is 0.0162. The third-order valence-corrected chi connectivity index (χ3v) is 8.68. The van der Waals surface area contributed by atoms with Gasteiger partial charge in [-0.2, -0.15) is 0 Å². The lowest BCUT2D eigenvalue weighted by Gasteiger charge is -2.27. The fourth-order valence-electron chi connectivity index (χ4n) is 5.48. The summed E-state index contributed by atoms with van der Waals surface area (Å²) in [5.41, 5.74) is 11.2. The number of hydrogen-bond acceptors (Lipinski definition) is 9. The normalized spacial score (nSPS) is 12.6. The van der Waals surface area contributed by atoms with Gasteiger partial charge in [-0.1, -0.05) is 57.2 Å². The van der Waals surface area contributed by atoms with Crippen LogP contribution in [0.5, 0.6) is 0 Å². The summed E-state index contributed by atoms with van der Waals surface area (Å²) >= 11 is 0. The van der Waals surface area contributed by atoms with Crippen LogP contribution in [0.25, 0.3) is 0 Å². The number of aliphatic hydroxyl groups excluding tert-OH is 2. The number of rotatable bonds is 33. The molecule has 0 saturated heterocycles. The summed E-state index contributed by atoms with van der Waals surface area (Å²) in [5.74, 6) is -0.765. The van der Waals surface area contributed by atoms with E-state index in [0.717, 1.165) is 19.3 Å². The summed E-state index contributed by atoms with van der Waals surface area (Å²) < 4.78 is 0. The maximum Gasteiger partial charge on any atom is 0.239 e. The average molecular weight is 764 g/mol. The van der Waals surface area contributed by atoms with Crippen LogP contribution in [-0.4, -0.2) is 132 Å². The number of amides is 5. The zero-order chi connectivity index (χ0) is 40.4. The summed E-state index contributed by atoms with van der Waals surface area (Å²) in [5, 5.41) is 23.6. The average Bonchev–Trinajstić information content (AvgIpc) is 3.17.